The van der Waals surface area contributed by atoms with Crippen molar-refractivity contribution in [2.45, 2.75) is 25.6 Å². The second kappa shape index (κ2) is 4.73. The Morgan fingerprint density at radius 3 is 2.80 bits per heavy atom. The molecule has 1 rings (SSSR count). The van der Waals surface area contributed by atoms with Crippen molar-refractivity contribution in [3.8, 4) is 6.07 Å². The van der Waals surface area contributed by atoms with Crippen molar-refractivity contribution in [1.29, 1.82) is 5.26 Å². The second-order valence-electron chi connectivity index (χ2n) is 3.30. The molecule has 5 nitrogen and oxygen atoms in total. The molecule has 0 spiro atoms. The predicted octanol–water partition coefficient (Wildman–Crippen LogP) is 0.280. The lowest BCUT2D eigenvalue weighted by atomic mass is 10.1. The normalized spacial score (nSPS) is 14.3. The number of aryl methyl sites for hydroxylation is 1. The third kappa shape index (κ3) is 2.65. The number of aliphatic hydroxyl groups excluding tert-OH is 2. The molecular weight excluding hydrogens is 194 g/mol. The molecule has 0 aliphatic carbocycles. The summed E-state index contributed by atoms with van der Waals surface area (Å²) < 4.78 is 0. The Morgan fingerprint density at radius 1 is 1.53 bits per heavy atom. The van der Waals surface area contributed by atoms with E-state index in [1.54, 1.807) is 25.1 Å². The lowest BCUT2D eigenvalue weighted by molar-refractivity contribution is 0.0194. The average molecular weight is 207 g/mol. The number of hydrogen-bond donors (Lipinski definition) is 3. The van der Waals surface area contributed by atoms with Gasteiger partial charge in [0.1, 0.15) is 6.10 Å². The molecular formula is C10H13N3O2. The van der Waals surface area contributed by atoms with Gasteiger partial charge in [-0.3, -0.25) is 4.98 Å². The molecule has 0 amide bonds. The zero-order valence-corrected chi connectivity index (χ0v) is 8.38. The number of pyridine rings is 1. The van der Waals surface area contributed by atoms with Crippen LogP contribution in [0.1, 0.15) is 23.9 Å². The summed E-state index contributed by atoms with van der Waals surface area (Å²) in [6, 6.07) is 5.10. The van der Waals surface area contributed by atoms with Crippen LogP contribution in [0.15, 0.2) is 12.1 Å². The van der Waals surface area contributed by atoms with Crippen LogP contribution >= 0.6 is 0 Å². The number of hydrogen-bond acceptors (Lipinski definition) is 5. The maximum absolute atomic E-state index is 9.68. The third-order valence-corrected chi connectivity index (χ3v) is 2.04. The maximum atomic E-state index is 9.68. The fourth-order valence-electron chi connectivity index (χ4n) is 1.21. The van der Waals surface area contributed by atoms with Gasteiger partial charge in [-0.05, 0) is 19.1 Å². The molecule has 4 N–H and O–H groups in total. The standard InChI is InChI=1S/C10H13N3O2/c1-6-2-3-7(12)9(13-6)10(15)8(14)4-5-11/h2-3,8,10,14-15H,4,12H2,1H3. The number of nitrogens with zero attached hydrogens (tertiary/aromatic N) is 2. The first-order valence-corrected chi connectivity index (χ1v) is 4.52. The highest BCUT2D eigenvalue weighted by molar-refractivity contribution is 5.44. The minimum atomic E-state index is -1.22. The predicted molar refractivity (Wildman–Crippen MR) is 54.6 cm³/mol. The number of nitrogens with two attached hydrogens (primary N) is 1. The molecule has 0 fully saturated rings. The number of nitrogen functional groups attached to an aromatic ring is 1. The SMILES string of the molecule is Cc1ccc(N)c(C(O)C(O)CC#N)n1. The van der Waals surface area contributed by atoms with Crippen molar-refractivity contribution in [1.82, 2.24) is 4.98 Å². The van der Waals surface area contributed by atoms with Crippen molar-refractivity contribution in [2.75, 3.05) is 5.73 Å². The lowest BCUT2D eigenvalue weighted by Gasteiger charge is -2.16. The minimum absolute atomic E-state index is 0.157. The fraction of sp³-hybridized carbons (Fsp3) is 0.400. The van der Waals surface area contributed by atoms with Crippen molar-refractivity contribution in [3.63, 3.8) is 0 Å². The van der Waals surface area contributed by atoms with Crippen LogP contribution in [0.2, 0.25) is 0 Å². The fourth-order valence-corrected chi connectivity index (χ4v) is 1.21. The van der Waals surface area contributed by atoms with E-state index in [2.05, 4.69) is 4.98 Å². The molecule has 0 aliphatic heterocycles. The number of aliphatic hydroxyl groups is 2. The number of aromatic nitrogens is 1. The number of nitriles is 1. The van der Waals surface area contributed by atoms with Gasteiger partial charge in [-0.15, -0.1) is 0 Å². The minimum Gasteiger partial charge on any atom is -0.397 e. The Balaban J connectivity index is 2.95. The van der Waals surface area contributed by atoms with Crippen LogP contribution in [0.5, 0.6) is 0 Å². The first kappa shape index (κ1) is 11.4. The first-order valence-electron chi connectivity index (χ1n) is 4.52. The van der Waals surface area contributed by atoms with E-state index >= 15 is 0 Å². The average Bonchev–Trinajstić information content (AvgIpc) is 2.21. The van der Waals surface area contributed by atoms with Crippen molar-refractivity contribution in [3.05, 3.63) is 23.5 Å². The Kier molecular flexibility index (Phi) is 3.61. The van der Waals surface area contributed by atoms with E-state index in [1.807, 2.05) is 0 Å². The van der Waals surface area contributed by atoms with E-state index in [9.17, 15) is 10.2 Å². The largest absolute Gasteiger partial charge is 0.397 e. The van der Waals surface area contributed by atoms with E-state index in [-0.39, 0.29) is 12.1 Å². The van der Waals surface area contributed by atoms with Crippen molar-refractivity contribution >= 4 is 5.69 Å². The molecule has 2 atom stereocenters. The summed E-state index contributed by atoms with van der Waals surface area (Å²) in [5.41, 5.74) is 6.83. The van der Waals surface area contributed by atoms with Gasteiger partial charge in [-0.25, -0.2) is 0 Å². The highest BCUT2D eigenvalue weighted by Gasteiger charge is 2.21. The summed E-state index contributed by atoms with van der Waals surface area (Å²) >= 11 is 0. The molecule has 5 heteroatoms. The molecule has 1 aromatic rings. The Hall–Kier alpha value is -1.64. The van der Waals surface area contributed by atoms with E-state index in [0.29, 0.717) is 11.4 Å². The van der Waals surface area contributed by atoms with Crippen LogP contribution in [0.25, 0.3) is 0 Å². The maximum Gasteiger partial charge on any atom is 0.125 e. The van der Waals surface area contributed by atoms with Crippen LogP contribution in [-0.2, 0) is 0 Å². The monoisotopic (exact) mass is 207 g/mol. The van der Waals surface area contributed by atoms with Gasteiger partial charge in [0, 0.05) is 5.69 Å². The van der Waals surface area contributed by atoms with Crippen LogP contribution in [0.3, 0.4) is 0 Å². The van der Waals surface area contributed by atoms with E-state index in [1.165, 1.54) is 0 Å². The molecule has 0 radical (unpaired) electrons. The molecule has 0 bridgehead atoms. The molecule has 80 valence electrons. The summed E-state index contributed by atoms with van der Waals surface area (Å²) in [4.78, 5) is 4.03. The lowest BCUT2D eigenvalue weighted by Crippen LogP contribution is -2.20. The summed E-state index contributed by atoms with van der Waals surface area (Å²) in [5, 5.41) is 27.5. The summed E-state index contributed by atoms with van der Waals surface area (Å²) in [7, 11) is 0. The molecule has 1 aromatic heterocycles. The molecule has 0 saturated carbocycles. The summed E-state index contributed by atoms with van der Waals surface area (Å²) in [5.74, 6) is 0. The molecule has 2 unspecified atom stereocenters. The van der Waals surface area contributed by atoms with Crippen molar-refractivity contribution in [2.24, 2.45) is 0 Å². The number of anilines is 1. The van der Waals surface area contributed by atoms with Gasteiger partial charge >= 0.3 is 0 Å². The molecule has 1 heterocycles. The van der Waals surface area contributed by atoms with E-state index < -0.39 is 12.2 Å². The Bertz CT molecular complexity index is 387. The zero-order chi connectivity index (χ0) is 11.4. The zero-order valence-electron chi connectivity index (χ0n) is 8.38. The first-order chi connectivity index (χ1) is 7.06. The molecule has 0 aliphatic rings. The van der Waals surface area contributed by atoms with Gasteiger partial charge in [0.2, 0.25) is 0 Å². The Morgan fingerprint density at radius 2 is 2.20 bits per heavy atom. The number of rotatable bonds is 3. The van der Waals surface area contributed by atoms with Gasteiger partial charge in [0.15, 0.2) is 0 Å². The quantitative estimate of drug-likeness (QED) is 0.660. The third-order valence-electron chi connectivity index (χ3n) is 2.04. The molecule has 0 aromatic carbocycles. The van der Waals surface area contributed by atoms with Crippen LogP contribution in [-0.4, -0.2) is 21.3 Å². The Labute approximate surface area is 87.8 Å². The summed E-state index contributed by atoms with van der Waals surface area (Å²) in [6.45, 7) is 1.76. The van der Waals surface area contributed by atoms with Gasteiger partial charge in [-0.2, -0.15) is 5.26 Å². The van der Waals surface area contributed by atoms with Gasteiger partial charge in [-0.1, -0.05) is 0 Å². The van der Waals surface area contributed by atoms with Crippen LogP contribution in [0.4, 0.5) is 5.69 Å². The highest BCUT2D eigenvalue weighted by Crippen LogP contribution is 2.22. The highest BCUT2D eigenvalue weighted by atomic mass is 16.3. The summed E-state index contributed by atoms with van der Waals surface area (Å²) in [6.07, 6.45) is -2.54. The van der Waals surface area contributed by atoms with Crippen LogP contribution < -0.4 is 5.73 Å². The molecule has 0 saturated heterocycles. The topological polar surface area (TPSA) is 103 Å². The van der Waals surface area contributed by atoms with E-state index in [4.69, 9.17) is 11.0 Å². The smallest absolute Gasteiger partial charge is 0.125 e. The van der Waals surface area contributed by atoms with Gasteiger partial charge < -0.3 is 15.9 Å². The molecule has 15 heavy (non-hydrogen) atoms. The second-order valence-corrected chi connectivity index (χ2v) is 3.30. The van der Waals surface area contributed by atoms with Gasteiger partial charge in [0.05, 0.1) is 30.0 Å². The van der Waals surface area contributed by atoms with Crippen LogP contribution in [0, 0.1) is 18.3 Å². The van der Waals surface area contributed by atoms with E-state index in [0.717, 1.165) is 0 Å². The van der Waals surface area contributed by atoms with Gasteiger partial charge in [0.25, 0.3) is 0 Å². The van der Waals surface area contributed by atoms with Crippen molar-refractivity contribution < 1.29 is 10.2 Å².